The van der Waals surface area contributed by atoms with Gasteiger partial charge in [-0.25, -0.2) is 13.8 Å². The molecule has 1 aromatic heterocycles. The Kier molecular flexibility index (Phi) is 4.12. The maximum Gasteiger partial charge on any atom is 0.281 e. The molecule has 1 nitrogen and oxygen atoms in total. The van der Waals surface area contributed by atoms with Gasteiger partial charge in [0, 0.05) is 5.56 Å². The molecule has 0 aliphatic rings. The summed E-state index contributed by atoms with van der Waals surface area (Å²) >= 11 is 13.0. The van der Waals surface area contributed by atoms with E-state index >= 15 is 0 Å². The molecule has 13 heavy (non-hydrogen) atoms. The highest BCUT2D eigenvalue weighted by molar-refractivity contribution is 14.1. The lowest BCUT2D eigenvalue weighted by atomic mass is 10.3. The van der Waals surface area contributed by atoms with Crippen LogP contribution in [0.3, 0.4) is 0 Å². The van der Waals surface area contributed by atoms with Gasteiger partial charge in [0.05, 0.1) is 10.9 Å². The van der Waals surface area contributed by atoms with Gasteiger partial charge in [0.1, 0.15) is 9.39 Å². The van der Waals surface area contributed by atoms with Gasteiger partial charge in [-0.05, 0) is 28.7 Å². The minimum absolute atomic E-state index is 0.0360. The maximum absolute atomic E-state index is 12.3. The molecule has 6 heteroatoms. The van der Waals surface area contributed by atoms with Crippen molar-refractivity contribution in [2.45, 2.75) is 12.3 Å². The smallest absolute Gasteiger partial charge is 0.239 e. The molecule has 0 radical (unpaired) electrons. The van der Waals surface area contributed by atoms with Crippen LogP contribution in [0, 0.1) is 3.70 Å². The molecule has 1 aromatic rings. The summed E-state index contributed by atoms with van der Waals surface area (Å²) in [5, 5.41) is -0.0360. The zero-order chi connectivity index (χ0) is 10.0. The van der Waals surface area contributed by atoms with E-state index in [4.69, 9.17) is 23.2 Å². The lowest BCUT2D eigenvalue weighted by Crippen LogP contribution is -1.97. The molecule has 0 unspecified atom stereocenters. The Hall–Kier alpha value is 0.320. The topological polar surface area (TPSA) is 12.9 Å². The summed E-state index contributed by atoms with van der Waals surface area (Å²) in [6.45, 7) is 0. The minimum Gasteiger partial charge on any atom is -0.239 e. The number of nitrogens with zero attached hydrogens (tertiary/aromatic N) is 1. The van der Waals surface area contributed by atoms with Crippen LogP contribution in [-0.4, -0.2) is 4.98 Å². The third kappa shape index (κ3) is 2.63. The molecule has 0 atom stereocenters. The van der Waals surface area contributed by atoms with Crippen LogP contribution in [0.4, 0.5) is 8.78 Å². The van der Waals surface area contributed by atoms with Crippen LogP contribution >= 0.6 is 45.8 Å². The molecule has 0 bridgehead atoms. The first-order chi connectivity index (χ1) is 6.06. The van der Waals surface area contributed by atoms with E-state index in [0.29, 0.717) is 9.26 Å². The van der Waals surface area contributed by atoms with Gasteiger partial charge in [0.15, 0.2) is 0 Å². The van der Waals surface area contributed by atoms with E-state index in [-0.39, 0.29) is 16.6 Å². The van der Waals surface area contributed by atoms with E-state index in [9.17, 15) is 8.78 Å². The first-order valence-corrected chi connectivity index (χ1v) is 5.24. The number of aromatic nitrogens is 1. The second kappa shape index (κ2) is 4.70. The van der Waals surface area contributed by atoms with Gasteiger partial charge in [-0.2, -0.15) is 0 Å². The minimum atomic E-state index is -2.65. The zero-order valence-electron chi connectivity index (χ0n) is 6.20. The van der Waals surface area contributed by atoms with E-state index < -0.39 is 6.43 Å². The molecule has 0 spiro atoms. The molecule has 0 saturated heterocycles. The highest BCUT2D eigenvalue weighted by atomic mass is 127. The van der Waals surface area contributed by atoms with Crippen LogP contribution in [0.2, 0.25) is 5.02 Å². The van der Waals surface area contributed by atoms with E-state index in [2.05, 4.69) is 4.98 Å². The van der Waals surface area contributed by atoms with Crippen LogP contribution in [-0.2, 0) is 5.88 Å². The Morgan fingerprint density at radius 1 is 1.54 bits per heavy atom. The van der Waals surface area contributed by atoms with Gasteiger partial charge < -0.3 is 0 Å². The van der Waals surface area contributed by atoms with Crippen LogP contribution < -0.4 is 0 Å². The Balaban J connectivity index is 3.20. The number of hydrogen-bond donors (Lipinski definition) is 0. The Morgan fingerprint density at radius 2 is 2.15 bits per heavy atom. The van der Waals surface area contributed by atoms with E-state index in [1.165, 1.54) is 6.07 Å². The highest BCUT2D eigenvalue weighted by Gasteiger charge is 2.16. The Morgan fingerprint density at radius 3 is 2.62 bits per heavy atom. The van der Waals surface area contributed by atoms with Crippen LogP contribution in [0.25, 0.3) is 0 Å². The molecule has 0 fully saturated rings. The number of alkyl halides is 3. The van der Waals surface area contributed by atoms with Gasteiger partial charge in [-0.1, -0.05) is 11.6 Å². The van der Waals surface area contributed by atoms with Gasteiger partial charge in [-0.15, -0.1) is 11.6 Å². The van der Waals surface area contributed by atoms with Crippen LogP contribution in [0.5, 0.6) is 0 Å². The first kappa shape index (κ1) is 11.4. The molecule has 0 saturated carbocycles. The van der Waals surface area contributed by atoms with Gasteiger partial charge in [-0.3, -0.25) is 0 Å². The monoisotopic (exact) mass is 337 g/mol. The molecule has 1 rings (SSSR count). The predicted molar refractivity (Wildman–Crippen MR) is 56.5 cm³/mol. The zero-order valence-corrected chi connectivity index (χ0v) is 9.87. The summed E-state index contributed by atoms with van der Waals surface area (Å²) in [5.74, 6) is 0.217. The summed E-state index contributed by atoms with van der Waals surface area (Å²) < 4.78 is 25.0. The SMILES string of the molecule is FC(F)c1nc(I)c(CCl)cc1Cl. The normalized spacial score (nSPS) is 10.9. The second-order valence-corrected chi connectivity index (χ2v) is 3.94. The summed E-state index contributed by atoms with van der Waals surface area (Å²) in [7, 11) is 0. The van der Waals surface area contributed by atoms with Crippen molar-refractivity contribution in [3.63, 3.8) is 0 Å². The molecule has 1 heterocycles. The van der Waals surface area contributed by atoms with Crippen LogP contribution in [0.1, 0.15) is 17.7 Å². The number of halogens is 5. The average molecular weight is 338 g/mol. The molecular formula is C7H4Cl2F2IN. The van der Waals surface area contributed by atoms with Crippen molar-refractivity contribution in [1.29, 1.82) is 0 Å². The van der Waals surface area contributed by atoms with Gasteiger partial charge >= 0.3 is 0 Å². The molecule has 0 aliphatic heterocycles. The third-order valence-corrected chi connectivity index (χ3v) is 2.90. The predicted octanol–water partition coefficient (Wildman–Crippen LogP) is 4.02. The van der Waals surface area contributed by atoms with Crippen molar-refractivity contribution >= 4 is 45.8 Å². The van der Waals surface area contributed by atoms with E-state index in [1.807, 2.05) is 22.6 Å². The molecule has 0 aliphatic carbocycles. The van der Waals surface area contributed by atoms with Crippen molar-refractivity contribution < 1.29 is 8.78 Å². The molecule has 0 amide bonds. The summed E-state index contributed by atoms with van der Waals surface area (Å²) in [5.41, 5.74) is 0.275. The summed E-state index contributed by atoms with van der Waals surface area (Å²) in [6.07, 6.45) is -2.65. The summed E-state index contributed by atoms with van der Waals surface area (Å²) in [4.78, 5) is 3.66. The standard InChI is InChI=1S/C7H4Cl2F2IN/c8-2-3-1-4(9)5(6(10)11)13-7(3)12/h1,6H,2H2. The van der Waals surface area contributed by atoms with E-state index in [0.717, 1.165) is 0 Å². The largest absolute Gasteiger partial charge is 0.281 e. The third-order valence-electron chi connectivity index (χ3n) is 1.38. The average Bonchev–Trinajstić information content (AvgIpc) is 2.07. The Labute approximate surface area is 97.6 Å². The Bertz CT molecular complexity index is 320. The lowest BCUT2D eigenvalue weighted by Gasteiger charge is -2.05. The van der Waals surface area contributed by atoms with Gasteiger partial charge in [0.2, 0.25) is 0 Å². The fraction of sp³-hybridized carbons (Fsp3) is 0.286. The number of hydrogen-bond acceptors (Lipinski definition) is 1. The molecule has 0 aromatic carbocycles. The summed E-state index contributed by atoms with van der Waals surface area (Å²) in [6, 6.07) is 1.42. The fourth-order valence-corrected chi connectivity index (χ4v) is 2.06. The maximum atomic E-state index is 12.3. The fourth-order valence-electron chi connectivity index (χ4n) is 0.764. The lowest BCUT2D eigenvalue weighted by molar-refractivity contribution is 0.146. The molecular weight excluding hydrogens is 334 g/mol. The highest BCUT2D eigenvalue weighted by Crippen LogP contribution is 2.28. The molecule has 72 valence electrons. The van der Waals surface area contributed by atoms with E-state index in [1.54, 1.807) is 0 Å². The van der Waals surface area contributed by atoms with Crippen LogP contribution in [0.15, 0.2) is 6.07 Å². The quantitative estimate of drug-likeness (QED) is 0.451. The first-order valence-electron chi connectivity index (χ1n) is 3.25. The number of pyridine rings is 1. The van der Waals surface area contributed by atoms with Gasteiger partial charge in [0.25, 0.3) is 6.43 Å². The van der Waals surface area contributed by atoms with Crippen molar-refractivity contribution in [3.8, 4) is 0 Å². The van der Waals surface area contributed by atoms with Crippen molar-refractivity contribution in [2.75, 3.05) is 0 Å². The van der Waals surface area contributed by atoms with Crippen molar-refractivity contribution in [2.24, 2.45) is 0 Å². The second-order valence-electron chi connectivity index (χ2n) is 2.24. The number of rotatable bonds is 2. The van der Waals surface area contributed by atoms with Crippen molar-refractivity contribution in [1.82, 2.24) is 4.98 Å². The van der Waals surface area contributed by atoms with Crippen molar-refractivity contribution in [3.05, 3.63) is 26.0 Å². The molecule has 0 N–H and O–H groups in total.